The highest BCUT2D eigenvalue weighted by Gasteiger charge is 2.15. The number of fused-ring (bicyclic) bond motifs is 1. The van der Waals surface area contributed by atoms with Gasteiger partial charge in [-0.3, -0.25) is 9.59 Å². The quantitative estimate of drug-likeness (QED) is 0.657. The Hall–Kier alpha value is -2.81. The Balaban J connectivity index is 1.55. The third-order valence-corrected chi connectivity index (χ3v) is 3.97. The molecule has 24 heavy (non-hydrogen) atoms. The Kier molecular flexibility index (Phi) is 4.80. The molecule has 0 bridgehead atoms. The van der Waals surface area contributed by atoms with E-state index in [1.807, 2.05) is 6.07 Å². The minimum absolute atomic E-state index is 0.0221. The van der Waals surface area contributed by atoms with Gasteiger partial charge in [0.05, 0.1) is 0 Å². The van der Waals surface area contributed by atoms with Crippen molar-refractivity contribution in [2.75, 3.05) is 18.7 Å². The van der Waals surface area contributed by atoms with Gasteiger partial charge in [-0.25, -0.2) is 4.98 Å². The van der Waals surface area contributed by atoms with Crippen LogP contribution < -0.4 is 20.1 Å². The van der Waals surface area contributed by atoms with Crippen molar-refractivity contribution in [1.29, 1.82) is 0 Å². The van der Waals surface area contributed by atoms with Gasteiger partial charge in [-0.15, -0.1) is 11.3 Å². The first-order chi connectivity index (χ1) is 11.6. The first-order valence-electron chi connectivity index (χ1n) is 7.24. The van der Waals surface area contributed by atoms with E-state index >= 15 is 0 Å². The Bertz CT molecular complexity index is 761. The van der Waals surface area contributed by atoms with Gasteiger partial charge in [-0.2, -0.15) is 0 Å². The number of amides is 1. The molecule has 0 saturated heterocycles. The number of thiazole rings is 1. The van der Waals surface area contributed by atoms with E-state index < -0.39 is 5.97 Å². The molecule has 0 unspecified atom stereocenters. The second kappa shape index (κ2) is 7.18. The number of nitrogens with one attached hydrogen (secondary N) is 2. The number of rotatable bonds is 7. The third kappa shape index (κ3) is 3.93. The molecule has 1 aliphatic rings. The van der Waals surface area contributed by atoms with Crippen LogP contribution in [0.1, 0.15) is 23.3 Å². The predicted molar refractivity (Wildman–Crippen MR) is 87.2 cm³/mol. The molecule has 9 heteroatoms. The van der Waals surface area contributed by atoms with E-state index in [2.05, 4.69) is 15.6 Å². The molecule has 3 rings (SSSR count). The predicted octanol–water partition coefficient (Wildman–Crippen LogP) is 2.21. The number of ether oxygens (including phenoxy) is 2. The van der Waals surface area contributed by atoms with E-state index in [4.69, 9.17) is 14.6 Å². The lowest BCUT2D eigenvalue weighted by molar-refractivity contribution is -0.137. The molecule has 2 aromatic rings. The Morgan fingerprint density at radius 2 is 2.12 bits per heavy atom. The topological polar surface area (TPSA) is 110 Å². The summed E-state index contributed by atoms with van der Waals surface area (Å²) in [6, 6.07) is 5.43. The molecule has 1 aromatic heterocycles. The second-order valence-electron chi connectivity index (χ2n) is 4.98. The molecule has 1 aromatic carbocycles. The molecular weight excluding hydrogens is 334 g/mol. The average Bonchev–Trinajstić information content (AvgIpc) is 3.20. The summed E-state index contributed by atoms with van der Waals surface area (Å²) in [5, 5.41) is 16.5. The van der Waals surface area contributed by atoms with E-state index in [1.54, 1.807) is 17.5 Å². The summed E-state index contributed by atoms with van der Waals surface area (Å²) < 4.78 is 10.6. The largest absolute Gasteiger partial charge is 0.481 e. The second-order valence-corrected chi connectivity index (χ2v) is 5.84. The lowest BCUT2D eigenvalue weighted by Crippen LogP contribution is -2.25. The number of aromatic nitrogens is 1. The maximum absolute atomic E-state index is 11.9. The highest BCUT2D eigenvalue weighted by atomic mass is 32.1. The summed E-state index contributed by atoms with van der Waals surface area (Å²) in [5.41, 5.74) is 1.07. The molecule has 0 fully saturated rings. The highest BCUT2D eigenvalue weighted by molar-refractivity contribution is 7.14. The fraction of sp³-hybridized carbons (Fsp3) is 0.267. The Labute approximate surface area is 141 Å². The summed E-state index contributed by atoms with van der Waals surface area (Å²) in [6.07, 6.45) is 0.405. The Morgan fingerprint density at radius 1 is 1.29 bits per heavy atom. The zero-order chi connectivity index (χ0) is 16.9. The van der Waals surface area contributed by atoms with E-state index in [0.29, 0.717) is 35.3 Å². The number of hydrogen-bond acceptors (Lipinski definition) is 7. The summed E-state index contributed by atoms with van der Waals surface area (Å²) >= 11 is 1.30. The number of aliphatic carboxylic acids is 1. The van der Waals surface area contributed by atoms with Gasteiger partial charge in [0.1, 0.15) is 5.69 Å². The Morgan fingerprint density at radius 3 is 2.96 bits per heavy atom. The van der Waals surface area contributed by atoms with Crippen molar-refractivity contribution in [3.05, 3.63) is 29.3 Å². The first kappa shape index (κ1) is 16.1. The van der Waals surface area contributed by atoms with Crippen LogP contribution in [-0.4, -0.2) is 35.3 Å². The van der Waals surface area contributed by atoms with Gasteiger partial charge in [0.25, 0.3) is 5.91 Å². The van der Waals surface area contributed by atoms with Gasteiger partial charge in [-0.1, -0.05) is 0 Å². The van der Waals surface area contributed by atoms with Crippen molar-refractivity contribution >= 4 is 34.0 Å². The SMILES string of the molecule is O=C(O)CCCNC(=O)c1csc(Nc2ccc3c(c2)OCO3)n1. The lowest BCUT2D eigenvalue weighted by atomic mass is 10.3. The number of benzene rings is 1. The van der Waals surface area contributed by atoms with Gasteiger partial charge >= 0.3 is 5.97 Å². The van der Waals surface area contributed by atoms with Crippen LogP contribution in [0, 0.1) is 0 Å². The number of anilines is 2. The first-order valence-corrected chi connectivity index (χ1v) is 8.12. The molecule has 126 valence electrons. The fourth-order valence-electron chi connectivity index (χ4n) is 2.07. The molecule has 0 saturated carbocycles. The van der Waals surface area contributed by atoms with E-state index in [1.165, 1.54) is 11.3 Å². The number of carboxylic acids is 1. The van der Waals surface area contributed by atoms with Crippen molar-refractivity contribution in [3.8, 4) is 11.5 Å². The maximum atomic E-state index is 11.9. The molecule has 0 radical (unpaired) electrons. The van der Waals surface area contributed by atoms with Gasteiger partial charge in [0.2, 0.25) is 6.79 Å². The monoisotopic (exact) mass is 349 g/mol. The van der Waals surface area contributed by atoms with Crippen LogP contribution in [0.5, 0.6) is 11.5 Å². The van der Waals surface area contributed by atoms with Crippen LogP contribution in [0.2, 0.25) is 0 Å². The minimum Gasteiger partial charge on any atom is -0.481 e. The van der Waals surface area contributed by atoms with Gasteiger partial charge in [-0.05, 0) is 18.6 Å². The normalized spacial score (nSPS) is 12.0. The molecule has 1 amide bonds. The lowest BCUT2D eigenvalue weighted by Gasteiger charge is -2.04. The van der Waals surface area contributed by atoms with Crippen LogP contribution in [0.15, 0.2) is 23.6 Å². The summed E-state index contributed by atoms with van der Waals surface area (Å²) in [6.45, 7) is 0.510. The number of carbonyl (C=O) groups is 2. The van der Waals surface area contributed by atoms with Crippen molar-refractivity contribution < 1.29 is 24.2 Å². The third-order valence-electron chi connectivity index (χ3n) is 3.21. The smallest absolute Gasteiger partial charge is 0.303 e. The van der Waals surface area contributed by atoms with Crippen LogP contribution >= 0.6 is 11.3 Å². The summed E-state index contributed by atoms with van der Waals surface area (Å²) in [5.74, 6) is 0.151. The zero-order valence-electron chi connectivity index (χ0n) is 12.6. The number of carboxylic acid groups (broad SMARTS) is 1. The van der Waals surface area contributed by atoms with Crippen molar-refractivity contribution in [2.45, 2.75) is 12.8 Å². The van der Waals surface area contributed by atoms with Crippen LogP contribution in [0.3, 0.4) is 0 Å². The maximum Gasteiger partial charge on any atom is 0.303 e. The van der Waals surface area contributed by atoms with Crippen molar-refractivity contribution in [3.63, 3.8) is 0 Å². The van der Waals surface area contributed by atoms with E-state index in [9.17, 15) is 9.59 Å². The number of nitrogens with zero attached hydrogens (tertiary/aromatic N) is 1. The fourth-order valence-corrected chi connectivity index (χ4v) is 2.78. The molecule has 1 aliphatic heterocycles. The average molecular weight is 349 g/mol. The summed E-state index contributed by atoms with van der Waals surface area (Å²) in [7, 11) is 0. The van der Waals surface area contributed by atoms with Gasteiger partial charge in [0, 0.05) is 30.1 Å². The number of carbonyl (C=O) groups excluding carboxylic acids is 1. The number of hydrogen-bond donors (Lipinski definition) is 3. The molecule has 3 N–H and O–H groups in total. The van der Waals surface area contributed by atoms with Crippen LogP contribution in [0.25, 0.3) is 0 Å². The molecule has 0 spiro atoms. The van der Waals surface area contributed by atoms with Crippen LogP contribution in [0.4, 0.5) is 10.8 Å². The highest BCUT2D eigenvalue weighted by Crippen LogP contribution is 2.35. The zero-order valence-corrected chi connectivity index (χ0v) is 13.4. The van der Waals surface area contributed by atoms with E-state index in [-0.39, 0.29) is 19.1 Å². The molecular formula is C15H15N3O5S. The van der Waals surface area contributed by atoms with Gasteiger partial charge in [0.15, 0.2) is 16.6 Å². The minimum atomic E-state index is -0.881. The van der Waals surface area contributed by atoms with Crippen LogP contribution in [-0.2, 0) is 4.79 Å². The standard InChI is InChI=1S/C15H15N3O5S/c19-13(20)2-1-5-16-14(21)10-7-24-15(18-10)17-9-3-4-11-12(6-9)23-8-22-11/h3-4,6-7H,1-2,5,8H2,(H,16,21)(H,17,18)(H,19,20). The van der Waals surface area contributed by atoms with Gasteiger partial charge < -0.3 is 25.2 Å². The van der Waals surface area contributed by atoms with E-state index in [0.717, 1.165) is 5.69 Å². The van der Waals surface area contributed by atoms with Crippen molar-refractivity contribution in [2.24, 2.45) is 0 Å². The molecule has 0 atom stereocenters. The van der Waals surface area contributed by atoms with Crippen molar-refractivity contribution in [1.82, 2.24) is 10.3 Å². The molecule has 0 aliphatic carbocycles. The molecule has 8 nitrogen and oxygen atoms in total. The molecule has 2 heterocycles. The summed E-state index contributed by atoms with van der Waals surface area (Å²) in [4.78, 5) is 26.6.